The number of carbonyl (C=O) groups is 1. The maximum absolute atomic E-state index is 10.6. The third-order valence-electron chi connectivity index (χ3n) is 2.76. The van der Waals surface area contributed by atoms with Gasteiger partial charge in [-0.05, 0) is 12.1 Å². The van der Waals surface area contributed by atoms with E-state index >= 15 is 0 Å². The summed E-state index contributed by atoms with van der Waals surface area (Å²) in [7, 11) is 0. The third kappa shape index (κ3) is 2.13. The Kier molecular flexibility index (Phi) is 3.18. The molecule has 0 spiro atoms. The number of amidine groups is 1. The topological polar surface area (TPSA) is 101 Å². The van der Waals surface area contributed by atoms with E-state index in [4.69, 9.17) is 16.0 Å². The minimum atomic E-state index is -0.843. The number of aliphatic carboxylic acids is 1. The number of fused-ring (bicyclic) bond motifs is 1. The fourth-order valence-corrected chi connectivity index (χ4v) is 1.91. The van der Waals surface area contributed by atoms with Crippen LogP contribution in [0, 0.1) is 0 Å². The van der Waals surface area contributed by atoms with Crippen molar-refractivity contribution >= 4 is 22.7 Å². The van der Waals surface area contributed by atoms with Crippen molar-refractivity contribution in [1.82, 2.24) is 4.57 Å². The van der Waals surface area contributed by atoms with E-state index in [0.29, 0.717) is 12.1 Å². The first-order valence-electron chi connectivity index (χ1n) is 5.41. The number of carboxylic acids is 1. The number of aryl methyl sites for hydroxylation is 1. The van der Waals surface area contributed by atoms with E-state index < -0.39 is 5.97 Å². The molecule has 1 heterocycles. The molecule has 0 saturated heterocycles. The highest BCUT2D eigenvalue weighted by Gasteiger charge is 2.09. The van der Waals surface area contributed by atoms with Gasteiger partial charge in [0.25, 0.3) is 0 Å². The number of benzene rings is 1. The quantitative estimate of drug-likeness (QED) is 0.327. The summed E-state index contributed by atoms with van der Waals surface area (Å²) in [5.41, 5.74) is 7.08. The molecule has 0 saturated carbocycles. The summed E-state index contributed by atoms with van der Waals surface area (Å²) in [4.78, 5) is 10.6. The Hall–Kier alpha value is -2.50. The minimum Gasteiger partial charge on any atom is -0.481 e. The smallest absolute Gasteiger partial charge is 0.305 e. The van der Waals surface area contributed by atoms with Crippen molar-refractivity contribution in [2.24, 2.45) is 10.9 Å². The van der Waals surface area contributed by atoms with Gasteiger partial charge in [-0.1, -0.05) is 17.3 Å². The average Bonchev–Trinajstić information content (AvgIpc) is 2.78. The Morgan fingerprint density at radius 3 is 2.83 bits per heavy atom. The molecule has 0 aliphatic carbocycles. The summed E-state index contributed by atoms with van der Waals surface area (Å²) < 4.78 is 1.83. The van der Waals surface area contributed by atoms with Gasteiger partial charge >= 0.3 is 5.97 Å². The number of nitrogens with two attached hydrogens (primary N) is 1. The Morgan fingerprint density at radius 2 is 2.17 bits per heavy atom. The maximum Gasteiger partial charge on any atom is 0.305 e. The van der Waals surface area contributed by atoms with E-state index in [-0.39, 0.29) is 12.3 Å². The van der Waals surface area contributed by atoms with Crippen LogP contribution in [0.1, 0.15) is 12.0 Å². The van der Waals surface area contributed by atoms with Crippen LogP contribution in [0.2, 0.25) is 0 Å². The Bertz CT molecular complexity index is 616. The predicted octanol–water partition coefficient (Wildman–Crippen LogP) is 1.21. The molecule has 1 aromatic heterocycles. The molecule has 6 heteroatoms. The molecule has 0 atom stereocenters. The van der Waals surface area contributed by atoms with Gasteiger partial charge in [-0.25, -0.2) is 0 Å². The number of carboxylic acid groups (broad SMARTS) is 1. The highest BCUT2D eigenvalue weighted by Crippen LogP contribution is 2.20. The van der Waals surface area contributed by atoms with Crippen molar-refractivity contribution in [2.75, 3.05) is 0 Å². The lowest BCUT2D eigenvalue weighted by Gasteiger charge is -2.05. The van der Waals surface area contributed by atoms with Gasteiger partial charge in [0.1, 0.15) is 0 Å². The standard InChI is InChI=1S/C12H13N3O3/c13-12(14-18)9-2-1-3-10-8(9)4-6-15(10)7-5-11(16)17/h1-4,6,18H,5,7H2,(H2,13,14)(H,16,17). The first kappa shape index (κ1) is 12.0. The van der Waals surface area contributed by atoms with E-state index in [0.717, 1.165) is 10.9 Å². The van der Waals surface area contributed by atoms with Crippen LogP contribution in [0.15, 0.2) is 35.6 Å². The molecule has 0 aliphatic rings. The second-order valence-electron chi connectivity index (χ2n) is 3.88. The normalized spacial score (nSPS) is 11.9. The van der Waals surface area contributed by atoms with Crippen molar-refractivity contribution < 1.29 is 15.1 Å². The van der Waals surface area contributed by atoms with Crippen molar-refractivity contribution in [3.05, 3.63) is 36.0 Å². The van der Waals surface area contributed by atoms with Crippen LogP contribution >= 0.6 is 0 Å². The Labute approximate surface area is 103 Å². The van der Waals surface area contributed by atoms with Crippen molar-refractivity contribution in [2.45, 2.75) is 13.0 Å². The number of aromatic nitrogens is 1. The number of oxime groups is 1. The molecule has 0 fully saturated rings. The van der Waals surface area contributed by atoms with E-state index in [1.807, 2.05) is 16.7 Å². The van der Waals surface area contributed by atoms with Crippen molar-refractivity contribution in [3.8, 4) is 0 Å². The molecule has 94 valence electrons. The second kappa shape index (κ2) is 4.79. The average molecular weight is 247 g/mol. The van der Waals surface area contributed by atoms with Gasteiger partial charge in [-0.3, -0.25) is 4.79 Å². The van der Waals surface area contributed by atoms with E-state index in [1.54, 1.807) is 18.3 Å². The molecule has 0 unspecified atom stereocenters. The number of rotatable bonds is 4. The molecule has 6 nitrogen and oxygen atoms in total. The van der Waals surface area contributed by atoms with Gasteiger partial charge in [-0.15, -0.1) is 0 Å². The largest absolute Gasteiger partial charge is 0.481 e. The summed E-state index contributed by atoms with van der Waals surface area (Å²) in [5, 5.41) is 21.2. The third-order valence-corrected chi connectivity index (χ3v) is 2.76. The highest BCUT2D eigenvalue weighted by molar-refractivity contribution is 6.08. The van der Waals surface area contributed by atoms with Crippen LogP contribution in [0.25, 0.3) is 10.9 Å². The molecule has 18 heavy (non-hydrogen) atoms. The zero-order chi connectivity index (χ0) is 13.1. The Morgan fingerprint density at radius 1 is 1.39 bits per heavy atom. The molecule has 2 aromatic rings. The van der Waals surface area contributed by atoms with Gasteiger partial charge in [-0.2, -0.15) is 0 Å². The summed E-state index contributed by atoms with van der Waals surface area (Å²) in [6, 6.07) is 7.22. The Balaban J connectivity index is 2.45. The second-order valence-corrected chi connectivity index (χ2v) is 3.88. The molecule has 2 rings (SSSR count). The van der Waals surface area contributed by atoms with Crippen LogP contribution < -0.4 is 5.73 Å². The van der Waals surface area contributed by atoms with Crippen LogP contribution in [-0.4, -0.2) is 26.7 Å². The molecule has 1 aromatic carbocycles. The maximum atomic E-state index is 10.6. The van der Waals surface area contributed by atoms with Crippen LogP contribution in [-0.2, 0) is 11.3 Å². The van der Waals surface area contributed by atoms with Crippen LogP contribution in [0.5, 0.6) is 0 Å². The summed E-state index contributed by atoms with van der Waals surface area (Å²) >= 11 is 0. The summed E-state index contributed by atoms with van der Waals surface area (Å²) in [6.45, 7) is 0.387. The van der Waals surface area contributed by atoms with E-state index in [9.17, 15) is 4.79 Å². The van der Waals surface area contributed by atoms with Crippen LogP contribution in [0.3, 0.4) is 0 Å². The van der Waals surface area contributed by atoms with Gasteiger partial charge < -0.3 is 20.6 Å². The van der Waals surface area contributed by atoms with Crippen molar-refractivity contribution in [1.29, 1.82) is 0 Å². The zero-order valence-electron chi connectivity index (χ0n) is 9.58. The lowest BCUT2D eigenvalue weighted by Crippen LogP contribution is -2.13. The van der Waals surface area contributed by atoms with Gasteiger partial charge in [0.15, 0.2) is 5.84 Å². The van der Waals surface area contributed by atoms with Gasteiger partial charge in [0.2, 0.25) is 0 Å². The fourth-order valence-electron chi connectivity index (χ4n) is 1.91. The summed E-state index contributed by atoms with van der Waals surface area (Å²) in [5.74, 6) is -0.805. The van der Waals surface area contributed by atoms with E-state index in [2.05, 4.69) is 5.16 Å². The van der Waals surface area contributed by atoms with Crippen LogP contribution in [0.4, 0.5) is 0 Å². The lowest BCUT2D eigenvalue weighted by atomic mass is 10.1. The molecule has 0 aliphatic heterocycles. The lowest BCUT2D eigenvalue weighted by molar-refractivity contribution is -0.137. The predicted molar refractivity (Wildman–Crippen MR) is 66.7 cm³/mol. The molecule has 0 radical (unpaired) electrons. The molecule has 0 bridgehead atoms. The number of nitrogens with zero attached hydrogens (tertiary/aromatic N) is 2. The SMILES string of the molecule is N/C(=N\O)c1cccc2c1ccn2CCC(=O)O. The summed E-state index contributed by atoms with van der Waals surface area (Å²) in [6.07, 6.45) is 1.85. The van der Waals surface area contributed by atoms with Gasteiger partial charge in [0.05, 0.1) is 6.42 Å². The minimum absolute atomic E-state index is 0.0385. The highest BCUT2D eigenvalue weighted by atomic mass is 16.4. The van der Waals surface area contributed by atoms with Gasteiger partial charge in [0, 0.05) is 29.2 Å². The first-order chi connectivity index (χ1) is 8.63. The zero-order valence-corrected chi connectivity index (χ0v) is 9.58. The molecule has 0 amide bonds. The molecular weight excluding hydrogens is 234 g/mol. The number of hydrogen-bond donors (Lipinski definition) is 3. The molecule has 4 N–H and O–H groups in total. The fraction of sp³-hybridized carbons (Fsp3) is 0.167. The molecular formula is C12H13N3O3. The van der Waals surface area contributed by atoms with E-state index in [1.165, 1.54) is 0 Å². The monoisotopic (exact) mass is 247 g/mol. The number of hydrogen-bond acceptors (Lipinski definition) is 3. The van der Waals surface area contributed by atoms with Crippen molar-refractivity contribution in [3.63, 3.8) is 0 Å². The first-order valence-corrected chi connectivity index (χ1v) is 5.41.